The second kappa shape index (κ2) is 6.76. The molecule has 1 heterocycles. The Labute approximate surface area is 144 Å². The summed E-state index contributed by atoms with van der Waals surface area (Å²) in [5.41, 5.74) is 3.79. The highest BCUT2D eigenvalue weighted by atomic mass is 19.1. The molecule has 1 fully saturated rings. The van der Waals surface area contributed by atoms with E-state index in [0.29, 0.717) is 5.69 Å². The van der Waals surface area contributed by atoms with E-state index in [4.69, 9.17) is 0 Å². The molecule has 2 aromatic carbocycles. The van der Waals surface area contributed by atoms with Crippen molar-refractivity contribution in [1.82, 2.24) is 0 Å². The van der Waals surface area contributed by atoms with Crippen LogP contribution in [0.25, 0.3) is 0 Å². The first-order valence-electron chi connectivity index (χ1n) is 8.62. The summed E-state index contributed by atoms with van der Waals surface area (Å²) in [5, 5.41) is 0. The molecule has 1 aliphatic rings. The van der Waals surface area contributed by atoms with Crippen molar-refractivity contribution in [2.24, 2.45) is 4.99 Å². The SMILES string of the molecule is CC(C)(C)c1ccc(N=Cc2ccc(N3CCCC3)c(F)c2)cc1. The molecule has 0 unspecified atom stereocenters. The van der Waals surface area contributed by atoms with Gasteiger partial charge in [-0.15, -0.1) is 0 Å². The molecule has 0 amide bonds. The molecule has 0 aliphatic carbocycles. The molecule has 3 rings (SSSR count). The Bertz CT molecular complexity index is 720. The van der Waals surface area contributed by atoms with E-state index in [9.17, 15) is 4.39 Å². The molecule has 1 aliphatic heterocycles. The van der Waals surface area contributed by atoms with E-state index in [-0.39, 0.29) is 11.2 Å². The van der Waals surface area contributed by atoms with Crippen LogP contribution in [0.3, 0.4) is 0 Å². The molecule has 3 heteroatoms. The lowest BCUT2D eigenvalue weighted by Gasteiger charge is -2.18. The summed E-state index contributed by atoms with van der Waals surface area (Å²) in [6.45, 7) is 8.47. The fourth-order valence-electron chi connectivity index (χ4n) is 3.01. The molecule has 1 saturated heterocycles. The van der Waals surface area contributed by atoms with Crippen molar-refractivity contribution in [2.45, 2.75) is 39.0 Å². The molecule has 0 radical (unpaired) electrons. The largest absolute Gasteiger partial charge is 0.369 e. The molecule has 0 atom stereocenters. The second-order valence-electron chi connectivity index (χ2n) is 7.46. The van der Waals surface area contributed by atoms with Gasteiger partial charge >= 0.3 is 0 Å². The molecular weight excluding hydrogens is 299 g/mol. The van der Waals surface area contributed by atoms with E-state index in [1.165, 1.54) is 5.56 Å². The second-order valence-corrected chi connectivity index (χ2v) is 7.46. The minimum atomic E-state index is -0.163. The molecule has 24 heavy (non-hydrogen) atoms. The van der Waals surface area contributed by atoms with Crippen LogP contribution in [0.2, 0.25) is 0 Å². The third kappa shape index (κ3) is 3.84. The Balaban J connectivity index is 1.73. The standard InChI is InChI=1S/C21H25FN2/c1-21(2,3)17-7-9-18(10-8-17)23-15-16-6-11-20(19(22)14-16)24-12-4-5-13-24/h6-11,14-15H,4-5,12-13H2,1-3H3. The van der Waals surface area contributed by atoms with Crippen LogP contribution >= 0.6 is 0 Å². The van der Waals surface area contributed by atoms with Crippen LogP contribution in [-0.4, -0.2) is 19.3 Å². The number of halogens is 1. The van der Waals surface area contributed by atoms with Crippen molar-refractivity contribution in [3.63, 3.8) is 0 Å². The molecule has 126 valence electrons. The Morgan fingerprint density at radius 1 is 1.00 bits per heavy atom. The lowest BCUT2D eigenvalue weighted by molar-refractivity contribution is 0.590. The first-order chi connectivity index (χ1) is 11.4. The average molecular weight is 324 g/mol. The molecule has 0 bridgehead atoms. The monoisotopic (exact) mass is 324 g/mol. The number of nitrogens with zero attached hydrogens (tertiary/aromatic N) is 2. The van der Waals surface area contributed by atoms with Gasteiger partial charge in [-0.3, -0.25) is 4.99 Å². The van der Waals surface area contributed by atoms with Gasteiger partial charge in [-0.25, -0.2) is 4.39 Å². The van der Waals surface area contributed by atoms with Gasteiger partial charge in [0.05, 0.1) is 11.4 Å². The van der Waals surface area contributed by atoms with Crippen LogP contribution in [0.5, 0.6) is 0 Å². The minimum absolute atomic E-state index is 0.136. The van der Waals surface area contributed by atoms with E-state index in [0.717, 1.165) is 37.2 Å². The van der Waals surface area contributed by atoms with Gasteiger partial charge in [-0.2, -0.15) is 0 Å². The predicted octanol–water partition coefficient (Wildman–Crippen LogP) is 5.47. The summed E-state index contributed by atoms with van der Waals surface area (Å²) in [6, 6.07) is 13.6. The van der Waals surface area contributed by atoms with E-state index in [1.54, 1.807) is 12.3 Å². The Morgan fingerprint density at radius 3 is 2.25 bits per heavy atom. The lowest BCUT2D eigenvalue weighted by atomic mass is 9.87. The summed E-state index contributed by atoms with van der Waals surface area (Å²) >= 11 is 0. The quantitative estimate of drug-likeness (QED) is 0.683. The number of hydrogen-bond acceptors (Lipinski definition) is 2. The summed E-state index contributed by atoms with van der Waals surface area (Å²) in [5.74, 6) is -0.163. The highest BCUT2D eigenvalue weighted by molar-refractivity contribution is 5.82. The normalized spacial score (nSPS) is 15.4. The zero-order valence-corrected chi connectivity index (χ0v) is 14.7. The average Bonchev–Trinajstić information content (AvgIpc) is 3.07. The van der Waals surface area contributed by atoms with Crippen LogP contribution in [0.4, 0.5) is 15.8 Å². The van der Waals surface area contributed by atoms with Gasteiger partial charge in [0.15, 0.2) is 0 Å². The summed E-state index contributed by atoms with van der Waals surface area (Å²) < 4.78 is 14.3. The van der Waals surface area contributed by atoms with Crippen molar-refractivity contribution in [1.29, 1.82) is 0 Å². The molecule has 0 spiro atoms. The fourth-order valence-corrected chi connectivity index (χ4v) is 3.01. The summed E-state index contributed by atoms with van der Waals surface area (Å²) in [6.07, 6.45) is 4.02. The number of aliphatic imine (C=N–C) groups is 1. The van der Waals surface area contributed by atoms with Crippen LogP contribution in [0.1, 0.15) is 44.7 Å². The zero-order valence-electron chi connectivity index (χ0n) is 14.7. The van der Waals surface area contributed by atoms with Crippen molar-refractivity contribution in [3.05, 3.63) is 59.4 Å². The summed E-state index contributed by atoms with van der Waals surface area (Å²) in [7, 11) is 0. The molecule has 0 aromatic heterocycles. The first-order valence-corrected chi connectivity index (χ1v) is 8.62. The highest BCUT2D eigenvalue weighted by Gasteiger charge is 2.16. The van der Waals surface area contributed by atoms with Crippen LogP contribution in [-0.2, 0) is 5.41 Å². The first kappa shape index (κ1) is 16.7. The predicted molar refractivity (Wildman–Crippen MR) is 100 cm³/mol. The van der Waals surface area contributed by atoms with Crippen LogP contribution < -0.4 is 4.90 Å². The van der Waals surface area contributed by atoms with Gasteiger partial charge < -0.3 is 4.90 Å². The van der Waals surface area contributed by atoms with E-state index < -0.39 is 0 Å². The van der Waals surface area contributed by atoms with Gasteiger partial charge in [0, 0.05) is 19.3 Å². The van der Waals surface area contributed by atoms with Gasteiger partial charge in [0.2, 0.25) is 0 Å². The molecule has 0 saturated carbocycles. The van der Waals surface area contributed by atoms with Crippen molar-refractivity contribution in [3.8, 4) is 0 Å². The smallest absolute Gasteiger partial charge is 0.147 e. The Hall–Kier alpha value is -2.16. The third-order valence-electron chi connectivity index (χ3n) is 4.51. The van der Waals surface area contributed by atoms with Gasteiger partial charge in [-0.05, 0) is 53.6 Å². The summed E-state index contributed by atoms with van der Waals surface area (Å²) in [4.78, 5) is 6.58. The maximum atomic E-state index is 14.3. The topological polar surface area (TPSA) is 15.6 Å². The molecule has 2 nitrogen and oxygen atoms in total. The fraction of sp³-hybridized carbons (Fsp3) is 0.381. The maximum Gasteiger partial charge on any atom is 0.147 e. The third-order valence-corrected chi connectivity index (χ3v) is 4.51. The highest BCUT2D eigenvalue weighted by Crippen LogP contribution is 2.26. The number of anilines is 1. The Morgan fingerprint density at radius 2 is 1.67 bits per heavy atom. The van der Waals surface area contributed by atoms with Gasteiger partial charge in [0.1, 0.15) is 5.82 Å². The lowest BCUT2D eigenvalue weighted by Crippen LogP contribution is -2.18. The van der Waals surface area contributed by atoms with Gasteiger partial charge in [-0.1, -0.05) is 39.0 Å². The Kier molecular flexibility index (Phi) is 4.70. The minimum Gasteiger partial charge on any atom is -0.369 e. The van der Waals surface area contributed by atoms with Crippen molar-refractivity contribution < 1.29 is 4.39 Å². The number of benzene rings is 2. The van der Waals surface area contributed by atoms with Crippen molar-refractivity contribution in [2.75, 3.05) is 18.0 Å². The zero-order chi connectivity index (χ0) is 17.2. The molecule has 0 N–H and O–H groups in total. The number of hydrogen-bond donors (Lipinski definition) is 0. The number of rotatable bonds is 3. The van der Waals surface area contributed by atoms with E-state index in [2.05, 4.69) is 42.8 Å². The van der Waals surface area contributed by atoms with E-state index in [1.807, 2.05) is 24.3 Å². The van der Waals surface area contributed by atoms with Crippen molar-refractivity contribution >= 4 is 17.6 Å². The maximum absolute atomic E-state index is 14.3. The van der Waals surface area contributed by atoms with Gasteiger partial charge in [0.25, 0.3) is 0 Å². The molecular formula is C21H25FN2. The van der Waals surface area contributed by atoms with E-state index >= 15 is 0 Å². The van der Waals surface area contributed by atoms with Crippen LogP contribution in [0.15, 0.2) is 47.5 Å². The molecule has 2 aromatic rings. The van der Waals surface area contributed by atoms with Crippen LogP contribution in [0, 0.1) is 5.82 Å².